The second-order valence-corrected chi connectivity index (χ2v) is 5.88. The fraction of sp³-hybridized carbons (Fsp3) is 0.316. The summed E-state index contributed by atoms with van der Waals surface area (Å²) >= 11 is 0. The van der Waals surface area contributed by atoms with E-state index in [0.29, 0.717) is 18.0 Å². The van der Waals surface area contributed by atoms with Crippen molar-refractivity contribution in [2.24, 2.45) is 5.92 Å². The summed E-state index contributed by atoms with van der Waals surface area (Å²) in [5.74, 6) is 0.346. The van der Waals surface area contributed by atoms with Crippen molar-refractivity contribution in [3.8, 4) is 5.75 Å². The molecule has 2 aromatic rings. The molecule has 4 nitrogen and oxygen atoms in total. The molecule has 0 bridgehead atoms. The van der Waals surface area contributed by atoms with E-state index in [1.54, 1.807) is 25.3 Å². The van der Waals surface area contributed by atoms with Gasteiger partial charge < -0.3 is 15.2 Å². The van der Waals surface area contributed by atoms with E-state index in [4.69, 9.17) is 9.84 Å². The average Bonchev–Trinajstić information content (AvgIpc) is 2.55. The number of ether oxygens (including phenoxy) is 1. The summed E-state index contributed by atoms with van der Waals surface area (Å²) in [6.07, 6.45) is 0. The molecule has 0 aliphatic rings. The third kappa shape index (κ3) is 4.57. The minimum absolute atomic E-state index is 0.189. The zero-order valence-electron chi connectivity index (χ0n) is 13.7. The summed E-state index contributed by atoms with van der Waals surface area (Å²) in [5.41, 5.74) is 2.47. The van der Waals surface area contributed by atoms with Crippen LogP contribution in [0.15, 0.2) is 48.5 Å². The van der Waals surface area contributed by atoms with Crippen LogP contribution in [-0.2, 0) is 6.54 Å². The smallest absolute Gasteiger partial charge is 0.335 e. The van der Waals surface area contributed by atoms with Gasteiger partial charge in [0, 0.05) is 12.6 Å². The Morgan fingerprint density at radius 3 is 2.43 bits per heavy atom. The average molecular weight is 313 g/mol. The second kappa shape index (κ2) is 7.79. The number of methoxy groups -OCH3 is 1. The van der Waals surface area contributed by atoms with Crippen molar-refractivity contribution in [2.75, 3.05) is 7.11 Å². The first-order valence-electron chi connectivity index (χ1n) is 7.71. The molecule has 0 aliphatic heterocycles. The van der Waals surface area contributed by atoms with E-state index in [0.717, 1.165) is 11.3 Å². The van der Waals surface area contributed by atoms with Gasteiger partial charge in [-0.25, -0.2) is 4.79 Å². The predicted molar refractivity (Wildman–Crippen MR) is 90.8 cm³/mol. The molecule has 23 heavy (non-hydrogen) atoms. The number of aromatic carboxylic acids is 1. The Morgan fingerprint density at radius 2 is 1.87 bits per heavy atom. The molecule has 0 heterocycles. The number of hydrogen-bond donors (Lipinski definition) is 2. The van der Waals surface area contributed by atoms with Crippen LogP contribution in [-0.4, -0.2) is 18.2 Å². The minimum atomic E-state index is -0.901. The molecule has 1 atom stereocenters. The highest BCUT2D eigenvalue weighted by Crippen LogP contribution is 2.24. The molecule has 0 saturated carbocycles. The second-order valence-electron chi connectivity index (χ2n) is 5.88. The van der Waals surface area contributed by atoms with Crippen LogP contribution >= 0.6 is 0 Å². The molecular weight excluding hydrogens is 290 g/mol. The summed E-state index contributed by atoms with van der Waals surface area (Å²) in [7, 11) is 1.66. The third-order valence-corrected chi connectivity index (χ3v) is 3.84. The van der Waals surface area contributed by atoms with Crippen molar-refractivity contribution in [1.29, 1.82) is 0 Å². The van der Waals surface area contributed by atoms with Crippen molar-refractivity contribution in [3.05, 3.63) is 65.2 Å². The molecule has 4 heteroatoms. The van der Waals surface area contributed by atoms with E-state index in [1.165, 1.54) is 5.56 Å². The molecule has 0 amide bonds. The summed E-state index contributed by atoms with van der Waals surface area (Å²) in [4.78, 5) is 11.0. The van der Waals surface area contributed by atoms with Gasteiger partial charge in [-0.05, 0) is 41.3 Å². The highest BCUT2D eigenvalue weighted by molar-refractivity contribution is 5.87. The van der Waals surface area contributed by atoms with Crippen LogP contribution in [0.25, 0.3) is 0 Å². The van der Waals surface area contributed by atoms with Crippen molar-refractivity contribution >= 4 is 5.97 Å². The number of hydrogen-bond acceptors (Lipinski definition) is 3. The molecule has 0 fully saturated rings. The molecule has 0 aromatic heterocycles. The zero-order chi connectivity index (χ0) is 16.8. The van der Waals surface area contributed by atoms with E-state index in [9.17, 15) is 4.79 Å². The number of nitrogens with one attached hydrogen (secondary N) is 1. The number of carbonyl (C=O) groups is 1. The molecule has 2 aromatic carbocycles. The van der Waals surface area contributed by atoms with Crippen LogP contribution in [0.3, 0.4) is 0 Å². The van der Waals surface area contributed by atoms with Crippen LogP contribution in [0, 0.1) is 5.92 Å². The Balaban J connectivity index is 2.10. The van der Waals surface area contributed by atoms with E-state index in [1.807, 2.05) is 18.2 Å². The van der Waals surface area contributed by atoms with Gasteiger partial charge in [-0.2, -0.15) is 0 Å². The molecule has 0 spiro atoms. The van der Waals surface area contributed by atoms with E-state index in [-0.39, 0.29) is 6.04 Å². The Morgan fingerprint density at radius 1 is 1.17 bits per heavy atom. The van der Waals surface area contributed by atoms with Crippen molar-refractivity contribution in [2.45, 2.75) is 26.4 Å². The van der Waals surface area contributed by atoms with Gasteiger partial charge in [-0.15, -0.1) is 0 Å². The molecule has 0 radical (unpaired) electrons. The fourth-order valence-electron chi connectivity index (χ4n) is 2.59. The molecule has 122 valence electrons. The van der Waals surface area contributed by atoms with Gasteiger partial charge in [0.1, 0.15) is 5.75 Å². The molecule has 0 saturated heterocycles. The lowest BCUT2D eigenvalue weighted by molar-refractivity contribution is 0.0696. The van der Waals surface area contributed by atoms with Gasteiger partial charge in [0.15, 0.2) is 0 Å². The fourth-order valence-corrected chi connectivity index (χ4v) is 2.59. The SMILES string of the molecule is COc1ccc(C(NCc2cccc(C(=O)O)c2)C(C)C)cc1. The number of benzene rings is 2. The number of rotatable bonds is 7. The molecule has 2 N–H and O–H groups in total. The van der Waals surface area contributed by atoms with Crippen molar-refractivity contribution in [3.63, 3.8) is 0 Å². The van der Waals surface area contributed by atoms with Crippen LogP contribution < -0.4 is 10.1 Å². The number of carboxylic acids is 1. The Hall–Kier alpha value is -2.33. The van der Waals surface area contributed by atoms with Gasteiger partial charge in [-0.1, -0.05) is 38.1 Å². The van der Waals surface area contributed by atoms with Gasteiger partial charge >= 0.3 is 5.97 Å². The predicted octanol–water partition coefficient (Wildman–Crippen LogP) is 3.88. The Labute approximate surface area is 137 Å². The van der Waals surface area contributed by atoms with E-state index in [2.05, 4.69) is 31.3 Å². The van der Waals surface area contributed by atoms with Crippen LogP contribution in [0.2, 0.25) is 0 Å². The van der Waals surface area contributed by atoms with Crippen molar-refractivity contribution in [1.82, 2.24) is 5.32 Å². The molecule has 2 rings (SSSR count). The third-order valence-electron chi connectivity index (χ3n) is 3.84. The van der Waals surface area contributed by atoms with Gasteiger partial charge in [0.05, 0.1) is 12.7 Å². The summed E-state index contributed by atoms with van der Waals surface area (Å²) in [5, 5.41) is 12.6. The Bertz CT molecular complexity index is 650. The zero-order valence-corrected chi connectivity index (χ0v) is 13.7. The van der Waals surface area contributed by atoms with Crippen molar-refractivity contribution < 1.29 is 14.6 Å². The first-order valence-corrected chi connectivity index (χ1v) is 7.71. The van der Waals surface area contributed by atoms with E-state index < -0.39 is 5.97 Å². The maximum atomic E-state index is 11.0. The lowest BCUT2D eigenvalue weighted by Gasteiger charge is -2.23. The summed E-state index contributed by atoms with van der Waals surface area (Å²) < 4.78 is 5.20. The topological polar surface area (TPSA) is 58.6 Å². The standard InChI is InChI=1S/C19H23NO3/c1-13(2)18(15-7-9-17(23-3)10-8-15)20-12-14-5-4-6-16(11-14)19(21)22/h4-11,13,18,20H,12H2,1-3H3,(H,21,22). The normalized spacial score (nSPS) is 12.2. The van der Waals surface area contributed by atoms with Gasteiger partial charge in [-0.3, -0.25) is 0 Å². The van der Waals surface area contributed by atoms with Crippen LogP contribution in [0.1, 0.15) is 41.4 Å². The molecule has 1 unspecified atom stereocenters. The lowest BCUT2D eigenvalue weighted by atomic mass is 9.95. The largest absolute Gasteiger partial charge is 0.497 e. The summed E-state index contributed by atoms with van der Waals surface area (Å²) in [6, 6.07) is 15.2. The minimum Gasteiger partial charge on any atom is -0.497 e. The van der Waals surface area contributed by atoms with Crippen LogP contribution in [0.5, 0.6) is 5.75 Å². The molecular formula is C19H23NO3. The first kappa shape index (κ1) is 17.0. The van der Waals surface area contributed by atoms with E-state index >= 15 is 0 Å². The lowest BCUT2D eigenvalue weighted by Crippen LogP contribution is -2.25. The summed E-state index contributed by atoms with van der Waals surface area (Å²) in [6.45, 7) is 4.95. The van der Waals surface area contributed by atoms with Crippen LogP contribution in [0.4, 0.5) is 0 Å². The molecule has 0 aliphatic carbocycles. The highest BCUT2D eigenvalue weighted by atomic mass is 16.5. The maximum Gasteiger partial charge on any atom is 0.335 e. The quantitative estimate of drug-likeness (QED) is 0.814. The first-order chi connectivity index (χ1) is 11.0. The number of carboxylic acid groups (broad SMARTS) is 1. The Kier molecular flexibility index (Phi) is 5.77. The van der Waals surface area contributed by atoms with Gasteiger partial charge in [0.25, 0.3) is 0 Å². The monoisotopic (exact) mass is 313 g/mol. The highest BCUT2D eigenvalue weighted by Gasteiger charge is 2.15. The maximum absolute atomic E-state index is 11.0. The van der Waals surface area contributed by atoms with Gasteiger partial charge in [0.2, 0.25) is 0 Å².